The lowest BCUT2D eigenvalue weighted by Gasteiger charge is -2.34. The van der Waals surface area contributed by atoms with Crippen molar-refractivity contribution >= 4 is 38.1 Å². The van der Waals surface area contributed by atoms with Crippen LogP contribution in [0.15, 0.2) is 71.6 Å². The number of nitrogens with one attached hydrogen (secondary N) is 1. The van der Waals surface area contributed by atoms with Gasteiger partial charge in [0.15, 0.2) is 6.10 Å². The van der Waals surface area contributed by atoms with Crippen LogP contribution in [0.3, 0.4) is 0 Å². The fourth-order valence-electron chi connectivity index (χ4n) is 3.84. The van der Waals surface area contributed by atoms with Crippen molar-refractivity contribution in [2.24, 2.45) is 0 Å². The lowest BCUT2D eigenvalue weighted by atomic mass is 10.1. The van der Waals surface area contributed by atoms with Crippen molar-refractivity contribution in [3.05, 3.63) is 83.4 Å². The molecule has 1 aliphatic rings. The molecule has 4 aromatic rings. The van der Waals surface area contributed by atoms with E-state index in [9.17, 15) is 13.2 Å². The van der Waals surface area contributed by atoms with Gasteiger partial charge >= 0.3 is 0 Å². The number of rotatable bonds is 5. The van der Waals surface area contributed by atoms with Crippen LogP contribution in [-0.4, -0.2) is 37.2 Å². The van der Waals surface area contributed by atoms with Crippen molar-refractivity contribution in [1.82, 2.24) is 10.2 Å². The molecule has 0 saturated heterocycles. The van der Waals surface area contributed by atoms with E-state index in [-0.39, 0.29) is 11.4 Å². The third kappa shape index (κ3) is 4.69. The molecule has 0 radical (unpaired) electrons. The molecule has 1 N–H and O–H groups in total. The predicted molar refractivity (Wildman–Crippen MR) is 140 cm³/mol. The van der Waals surface area contributed by atoms with Gasteiger partial charge in [-0.05, 0) is 50.6 Å². The smallest absolute Gasteiger partial charge is 0.269 e. The largest absolute Gasteiger partial charge is 0.476 e. The highest BCUT2D eigenvalue weighted by Gasteiger charge is 2.38. The van der Waals surface area contributed by atoms with Crippen molar-refractivity contribution in [2.75, 3.05) is 16.2 Å². The number of anilines is 2. The summed E-state index contributed by atoms with van der Waals surface area (Å²) in [7, 11) is -3.93. The lowest BCUT2D eigenvalue weighted by Crippen LogP contribution is -2.48. The van der Waals surface area contributed by atoms with Crippen LogP contribution in [-0.2, 0) is 14.8 Å². The summed E-state index contributed by atoms with van der Waals surface area (Å²) in [5.74, 6) is -0.174. The molecule has 2 heterocycles. The molecule has 3 aromatic carbocycles. The fraction of sp³-hybridized carbons (Fsp3) is 0.192. The van der Waals surface area contributed by atoms with E-state index >= 15 is 0 Å². The van der Waals surface area contributed by atoms with E-state index in [1.54, 1.807) is 36.4 Å². The zero-order valence-corrected chi connectivity index (χ0v) is 21.6. The SMILES string of the molecule is Cc1ccc(-c2nnc(NC(=O)[C@@H]3CN(S(=O)(=O)c4ccc(C)cc4)c4ccc(C)cc4O3)s2)cc1. The molecule has 0 spiro atoms. The maximum Gasteiger partial charge on any atom is 0.269 e. The Hall–Kier alpha value is -3.76. The van der Waals surface area contributed by atoms with Gasteiger partial charge in [-0.2, -0.15) is 0 Å². The number of hydrogen-bond donors (Lipinski definition) is 1. The highest BCUT2D eigenvalue weighted by Crippen LogP contribution is 2.38. The molecular weight excluding hydrogens is 496 g/mol. The second kappa shape index (κ2) is 9.36. The minimum atomic E-state index is -3.93. The van der Waals surface area contributed by atoms with E-state index in [4.69, 9.17) is 4.74 Å². The van der Waals surface area contributed by atoms with Gasteiger partial charge in [0, 0.05) is 5.56 Å². The molecule has 5 rings (SSSR count). The maximum atomic E-state index is 13.6. The van der Waals surface area contributed by atoms with E-state index in [0.717, 1.165) is 22.3 Å². The predicted octanol–water partition coefficient (Wildman–Crippen LogP) is 4.73. The molecule has 0 fully saturated rings. The number of sulfonamides is 1. The summed E-state index contributed by atoms with van der Waals surface area (Å²) in [5, 5.41) is 12.0. The topological polar surface area (TPSA) is 101 Å². The fourth-order valence-corrected chi connectivity index (χ4v) is 6.06. The molecule has 0 bridgehead atoms. The number of benzene rings is 3. The summed E-state index contributed by atoms with van der Waals surface area (Å²) in [6.45, 7) is 5.59. The maximum absolute atomic E-state index is 13.6. The Bertz CT molecular complexity index is 1530. The number of amides is 1. The molecule has 0 unspecified atom stereocenters. The summed E-state index contributed by atoms with van der Waals surface area (Å²) < 4.78 is 34.4. The third-order valence-corrected chi connectivity index (χ3v) is 8.52. The zero-order valence-electron chi connectivity index (χ0n) is 19.9. The number of ether oxygens (including phenoxy) is 1. The van der Waals surface area contributed by atoms with E-state index in [0.29, 0.717) is 21.6 Å². The molecule has 0 aliphatic carbocycles. The number of aromatic nitrogens is 2. The van der Waals surface area contributed by atoms with Gasteiger partial charge in [0.05, 0.1) is 17.1 Å². The van der Waals surface area contributed by atoms with Gasteiger partial charge in [-0.3, -0.25) is 14.4 Å². The molecule has 1 aliphatic heterocycles. The highest BCUT2D eigenvalue weighted by atomic mass is 32.2. The van der Waals surface area contributed by atoms with Gasteiger partial charge in [0.1, 0.15) is 10.8 Å². The minimum absolute atomic E-state index is 0.146. The third-order valence-electron chi connectivity index (χ3n) is 5.84. The van der Waals surface area contributed by atoms with Gasteiger partial charge in [-0.15, -0.1) is 10.2 Å². The van der Waals surface area contributed by atoms with Crippen molar-refractivity contribution in [3.63, 3.8) is 0 Å². The van der Waals surface area contributed by atoms with Crippen LogP contribution in [0.5, 0.6) is 5.75 Å². The van der Waals surface area contributed by atoms with E-state index in [1.165, 1.54) is 15.6 Å². The Morgan fingerprint density at radius 2 is 1.58 bits per heavy atom. The molecule has 1 atom stereocenters. The van der Waals surface area contributed by atoms with Crippen LogP contribution in [0.4, 0.5) is 10.8 Å². The van der Waals surface area contributed by atoms with Crippen LogP contribution in [0.25, 0.3) is 10.6 Å². The van der Waals surface area contributed by atoms with Gasteiger partial charge in [0.25, 0.3) is 15.9 Å². The van der Waals surface area contributed by atoms with E-state index in [1.807, 2.05) is 51.1 Å². The Kier molecular flexibility index (Phi) is 6.23. The molecule has 0 saturated carbocycles. The molecule has 1 aromatic heterocycles. The number of aryl methyl sites for hydroxylation is 3. The molecule has 184 valence electrons. The Balaban J connectivity index is 1.42. The van der Waals surface area contributed by atoms with Crippen LogP contribution < -0.4 is 14.4 Å². The summed E-state index contributed by atoms with van der Waals surface area (Å²) in [6.07, 6.45) is -1.08. The lowest BCUT2D eigenvalue weighted by molar-refractivity contribution is -0.122. The number of nitrogens with zero attached hydrogens (tertiary/aromatic N) is 3. The molecule has 8 nitrogen and oxygen atoms in total. The van der Waals surface area contributed by atoms with Crippen LogP contribution in [0.1, 0.15) is 16.7 Å². The van der Waals surface area contributed by atoms with Crippen molar-refractivity contribution < 1.29 is 17.9 Å². The van der Waals surface area contributed by atoms with Crippen LogP contribution in [0, 0.1) is 20.8 Å². The Morgan fingerprint density at radius 3 is 2.28 bits per heavy atom. The zero-order chi connectivity index (χ0) is 25.4. The van der Waals surface area contributed by atoms with Crippen LogP contribution in [0.2, 0.25) is 0 Å². The summed E-state index contributed by atoms with van der Waals surface area (Å²) in [5.41, 5.74) is 4.25. The number of hydrogen-bond acceptors (Lipinski definition) is 7. The van der Waals surface area contributed by atoms with E-state index in [2.05, 4.69) is 15.5 Å². The number of carbonyl (C=O) groups excluding carboxylic acids is 1. The van der Waals surface area contributed by atoms with E-state index < -0.39 is 22.0 Å². The van der Waals surface area contributed by atoms with Gasteiger partial charge in [0.2, 0.25) is 5.13 Å². The highest BCUT2D eigenvalue weighted by molar-refractivity contribution is 7.92. The molecular formula is C26H24N4O4S2. The van der Waals surface area contributed by atoms with Crippen molar-refractivity contribution in [3.8, 4) is 16.3 Å². The quantitative estimate of drug-likeness (QED) is 0.408. The summed E-state index contributed by atoms with van der Waals surface area (Å²) >= 11 is 1.24. The first-order valence-corrected chi connectivity index (χ1v) is 13.5. The minimum Gasteiger partial charge on any atom is -0.476 e. The Labute approximate surface area is 213 Å². The average Bonchev–Trinajstić information content (AvgIpc) is 3.32. The summed E-state index contributed by atoms with van der Waals surface area (Å²) in [6, 6.07) is 19.7. The summed E-state index contributed by atoms with van der Waals surface area (Å²) in [4.78, 5) is 13.3. The normalized spacial score (nSPS) is 15.2. The number of fused-ring (bicyclic) bond motifs is 1. The average molecular weight is 521 g/mol. The van der Waals surface area contributed by atoms with Crippen molar-refractivity contribution in [2.45, 2.75) is 31.8 Å². The molecule has 1 amide bonds. The second-order valence-corrected chi connectivity index (χ2v) is 11.5. The van der Waals surface area contributed by atoms with Crippen LogP contribution >= 0.6 is 11.3 Å². The first-order valence-electron chi connectivity index (χ1n) is 11.3. The van der Waals surface area contributed by atoms with Gasteiger partial charge < -0.3 is 4.74 Å². The first kappa shape index (κ1) is 24.0. The van der Waals surface area contributed by atoms with Crippen molar-refractivity contribution in [1.29, 1.82) is 0 Å². The number of carbonyl (C=O) groups is 1. The Morgan fingerprint density at radius 1 is 0.944 bits per heavy atom. The molecule has 36 heavy (non-hydrogen) atoms. The standard InChI is InChI=1S/C26H24N4O4S2/c1-16-4-9-19(10-5-16)25-28-29-26(35-25)27-24(31)23-15-30(21-13-8-18(3)14-22(21)34-23)36(32,33)20-11-6-17(2)7-12-20/h4-14,23H,15H2,1-3H3,(H,27,29,31)/t23-/m0/s1. The second-order valence-electron chi connectivity index (χ2n) is 8.69. The monoisotopic (exact) mass is 520 g/mol. The first-order chi connectivity index (χ1) is 17.2. The van der Waals surface area contributed by atoms with Gasteiger partial charge in [-0.25, -0.2) is 8.42 Å². The molecule has 10 heteroatoms. The van der Waals surface area contributed by atoms with Gasteiger partial charge in [-0.1, -0.05) is 64.9 Å².